The predicted molar refractivity (Wildman–Crippen MR) is 122 cm³/mol. The Morgan fingerprint density at radius 3 is 2.57 bits per heavy atom. The fourth-order valence-corrected chi connectivity index (χ4v) is 4.89. The summed E-state index contributed by atoms with van der Waals surface area (Å²) in [6.45, 7) is 3.44. The summed E-state index contributed by atoms with van der Waals surface area (Å²) in [5.74, 6) is -0.285. The smallest absolute Gasteiger partial charge is 0.239 e. The van der Waals surface area contributed by atoms with Crippen molar-refractivity contribution in [1.82, 2.24) is 14.5 Å². The fraction of sp³-hybridized carbons (Fsp3) is 0.182. The number of hydrogen-bond donors (Lipinski definition) is 1. The van der Waals surface area contributed by atoms with Crippen molar-refractivity contribution in [3.8, 4) is 11.3 Å². The topological polar surface area (TPSA) is 76.9 Å². The average molecular weight is 437 g/mol. The summed E-state index contributed by atoms with van der Waals surface area (Å²) >= 11 is 2.69. The van der Waals surface area contributed by atoms with Gasteiger partial charge in [-0.25, -0.2) is 9.97 Å². The number of carbonyl (C=O) groups excluding carboxylic acids is 2. The quantitative estimate of drug-likeness (QED) is 0.414. The van der Waals surface area contributed by atoms with Crippen molar-refractivity contribution in [3.63, 3.8) is 0 Å². The predicted octanol–water partition coefficient (Wildman–Crippen LogP) is 5.33. The minimum Gasteiger partial charge on any atom is -0.301 e. The van der Waals surface area contributed by atoms with E-state index in [2.05, 4.69) is 15.3 Å². The number of carbonyl (C=O) groups is 2. The second-order valence-electron chi connectivity index (χ2n) is 6.65. The maximum atomic E-state index is 12.9. The fourth-order valence-electron chi connectivity index (χ4n) is 3.10. The molecule has 0 aliphatic rings. The van der Waals surface area contributed by atoms with Gasteiger partial charge in [0.1, 0.15) is 0 Å². The lowest BCUT2D eigenvalue weighted by atomic mass is 10.2. The Morgan fingerprint density at radius 1 is 1.10 bits per heavy atom. The summed E-state index contributed by atoms with van der Waals surface area (Å²) in [5.41, 5.74) is 3.31. The van der Waals surface area contributed by atoms with Gasteiger partial charge >= 0.3 is 0 Å². The number of benzene rings is 2. The van der Waals surface area contributed by atoms with Crippen LogP contribution in [0.4, 0.5) is 5.13 Å². The zero-order valence-electron chi connectivity index (χ0n) is 16.5. The number of para-hydroxylation sites is 2. The largest absolute Gasteiger partial charge is 0.301 e. The Kier molecular flexibility index (Phi) is 5.96. The number of thioether (sulfide) groups is 1. The molecule has 2 aromatic heterocycles. The minimum absolute atomic E-state index is 0.131. The van der Waals surface area contributed by atoms with Gasteiger partial charge < -0.3 is 5.32 Å². The second-order valence-corrected chi connectivity index (χ2v) is 8.67. The molecule has 2 heterocycles. The van der Waals surface area contributed by atoms with E-state index in [0.29, 0.717) is 16.7 Å². The number of rotatable bonds is 6. The van der Waals surface area contributed by atoms with Crippen LogP contribution in [0.1, 0.15) is 25.1 Å². The summed E-state index contributed by atoms with van der Waals surface area (Å²) in [6.07, 6.45) is 0.592. The molecule has 0 aliphatic heterocycles. The molecule has 0 bridgehead atoms. The summed E-state index contributed by atoms with van der Waals surface area (Å²) in [5, 5.41) is 5.51. The number of aromatic nitrogens is 3. The van der Waals surface area contributed by atoms with E-state index in [9.17, 15) is 9.59 Å². The number of fused-ring (bicyclic) bond motifs is 1. The highest BCUT2D eigenvalue weighted by Gasteiger charge is 2.24. The van der Waals surface area contributed by atoms with Crippen molar-refractivity contribution in [2.75, 3.05) is 5.32 Å². The first-order valence-electron chi connectivity index (χ1n) is 9.53. The van der Waals surface area contributed by atoms with Crippen LogP contribution in [-0.4, -0.2) is 31.6 Å². The van der Waals surface area contributed by atoms with Crippen LogP contribution >= 0.6 is 23.1 Å². The summed E-state index contributed by atoms with van der Waals surface area (Å²) < 4.78 is 1.56. The molecule has 8 heteroatoms. The van der Waals surface area contributed by atoms with Crippen molar-refractivity contribution in [1.29, 1.82) is 0 Å². The van der Waals surface area contributed by atoms with Gasteiger partial charge in [-0.3, -0.25) is 14.2 Å². The molecule has 0 saturated carbocycles. The van der Waals surface area contributed by atoms with Gasteiger partial charge in [0.25, 0.3) is 0 Å². The molecule has 0 aliphatic carbocycles. The van der Waals surface area contributed by atoms with E-state index in [1.807, 2.05) is 66.9 Å². The van der Waals surface area contributed by atoms with Crippen LogP contribution in [-0.2, 0) is 4.79 Å². The zero-order valence-corrected chi connectivity index (χ0v) is 18.2. The Labute approximate surface area is 182 Å². The van der Waals surface area contributed by atoms with Crippen molar-refractivity contribution in [3.05, 3.63) is 60.0 Å². The molecule has 1 atom stereocenters. The Bertz CT molecular complexity index is 1200. The number of amides is 1. The van der Waals surface area contributed by atoms with E-state index < -0.39 is 5.25 Å². The van der Waals surface area contributed by atoms with Crippen molar-refractivity contribution in [2.24, 2.45) is 0 Å². The van der Waals surface area contributed by atoms with Crippen LogP contribution in [0.25, 0.3) is 22.3 Å². The van der Waals surface area contributed by atoms with Gasteiger partial charge in [-0.1, -0.05) is 61.2 Å². The van der Waals surface area contributed by atoms with E-state index in [1.165, 1.54) is 30.0 Å². The Balaban J connectivity index is 1.53. The molecular formula is C22H20N4O2S2. The van der Waals surface area contributed by atoms with Gasteiger partial charge in [-0.2, -0.15) is 0 Å². The van der Waals surface area contributed by atoms with E-state index in [0.717, 1.165) is 22.3 Å². The van der Waals surface area contributed by atoms with Gasteiger partial charge in [0.05, 0.1) is 22.0 Å². The van der Waals surface area contributed by atoms with Gasteiger partial charge in [-0.05, 0) is 18.6 Å². The van der Waals surface area contributed by atoms with E-state index >= 15 is 0 Å². The molecule has 4 rings (SSSR count). The lowest BCUT2D eigenvalue weighted by molar-refractivity contribution is -0.115. The number of thiazole rings is 1. The van der Waals surface area contributed by atoms with Crippen molar-refractivity contribution in [2.45, 2.75) is 30.7 Å². The maximum Gasteiger partial charge on any atom is 0.239 e. The molecule has 1 amide bonds. The molecule has 0 spiro atoms. The van der Waals surface area contributed by atoms with Gasteiger partial charge in [0.15, 0.2) is 10.3 Å². The van der Waals surface area contributed by atoms with Crippen LogP contribution in [0, 0.1) is 0 Å². The minimum atomic E-state index is -0.399. The van der Waals surface area contributed by atoms with Crippen LogP contribution in [0.2, 0.25) is 0 Å². The number of hydrogen-bond acceptors (Lipinski definition) is 6. The van der Waals surface area contributed by atoms with Gasteiger partial charge in [-0.15, -0.1) is 11.3 Å². The van der Waals surface area contributed by atoms with E-state index in [1.54, 1.807) is 4.57 Å². The Hall–Kier alpha value is -2.97. The zero-order chi connectivity index (χ0) is 21.1. The molecular weight excluding hydrogens is 416 g/mol. The van der Waals surface area contributed by atoms with E-state index in [4.69, 9.17) is 0 Å². The Morgan fingerprint density at radius 2 is 1.83 bits per heavy atom. The molecule has 0 saturated heterocycles. The summed E-state index contributed by atoms with van der Waals surface area (Å²) in [7, 11) is 0. The molecule has 0 fully saturated rings. The summed E-state index contributed by atoms with van der Waals surface area (Å²) in [6, 6.07) is 17.3. The molecule has 4 aromatic rings. The number of nitrogens with zero attached hydrogens (tertiary/aromatic N) is 3. The molecule has 30 heavy (non-hydrogen) atoms. The molecule has 0 radical (unpaired) electrons. The first kappa shape index (κ1) is 20.3. The molecule has 1 N–H and O–H groups in total. The van der Waals surface area contributed by atoms with E-state index in [-0.39, 0.29) is 11.8 Å². The molecule has 1 unspecified atom stereocenters. The van der Waals surface area contributed by atoms with Crippen LogP contribution in [0.5, 0.6) is 0 Å². The van der Waals surface area contributed by atoms with Gasteiger partial charge in [0.2, 0.25) is 11.8 Å². The average Bonchev–Trinajstić information content (AvgIpc) is 3.36. The highest BCUT2D eigenvalue weighted by atomic mass is 32.2. The van der Waals surface area contributed by atoms with Crippen LogP contribution < -0.4 is 5.32 Å². The first-order chi connectivity index (χ1) is 14.6. The van der Waals surface area contributed by atoms with Crippen molar-refractivity contribution < 1.29 is 9.59 Å². The van der Waals surface area contributed by atoms with Crippen LogP contribution in [0.15, 0.2) is 65.1 Å². The third kappa shape index (κ3) is 4.15. The second kappa shape index (κ2) is 8.81. The van der Waals surface area contributed by atoms with Gasteiger partial charge in [0, 0.05) is 17.9 Å². The number of nitrogens with one attached hydrogen (secondary N) is 1. The molecule has 6 nitrogen and oxygen atoms in total. The maximum absolute atomic E-state index is 12.9. The third-order valence-corrected chi connectivity index (χ3v) is 6.63. The lowest BCUT2D eigenvalue weighted by Crippen LogP contribution is -2.25. The standard InChI is InChI=1S/C22H20N4O2S2/c1-3-19(30-22-24-16-11-7-8-12-18(16)26(22)14(2)27)20(28)25-21-23-17(13-29-21)15-9-5-4-6-10-15/h4-13,19H,3H2,1-2H3,(H,23,25,28). The highest BCUT2D eigenvalue weighted by Crippen LogP contribution is 2.30. The molecule has 152 valence electrons. The summed E-state index contributed by atoms with van der Waals surface area (Å²) in [4.78, 5) is 34.2. The molecule has 2 aromatic carbocycles. The number of imidazole rings is 1. The third-order valence-electron chi connectivity index (χ3n) is 4.56. The lowest BCUT2D eigenvalue weighted by Gasteiger charge is -2.13. The van der Waals surface area contributed by atoms with Crippen LogP contribution in [0.3, 0.4) is 0 Å². The SMILES string of the molecule is CCC(Sc1nc2ccccc2n1C(C)=O)C(=O)Nc1nc(-c2ccccc2)cs1. The highest BCUT2D eigenvalue weighted by molar-refractivity contribution is 8.00. The van der Waals surface area contributed by atoms with Crippen molar-refractivity contribution >= 4 is 51.1 Å². The number of anilines is 1. The monoisotopic (exact) mass is 436 g/mol. The normalized spacial score (nSPS) is 12.1. The first-order valence-corrected chi connectivity index (χ1v) is 11.3.